The maximum Gasteiger partial charge on any atom is 0.341 e. The van der Waals surface area contributed by atoms with Crippen molar-refractivity contribution in [3.8, 4) is 0 Å². The lowest BCUT2D eigenvalue weighted by molar-refractivity contribution is 0.0688. The number of hydrogen-bond donors (Lipinski definition) is 3. The minimum atomic E-state index is -1.34. The molecule has 6 nitrogen and oxygen atoms in total. The zero-order valence-electron chi connectivity index (χ0n) is 11.2. The molecule has 3 N–H and O–H groups in total. The number of halogens is 1. The zero-order valence-corrected chi connectivity index (χ0v) is 13.3. The van der Waals surface area contributed by atoms with Crippen LogP contribution in [0.3, 0.4) is 0 Å². The smallest absolute Gasteiger partial charge is 0.341 e. The normalized spacial score (nSPS) is 14.1. The number of benzene rings is 1. The molecule has 1 aromatic carbocycles. The van der Waals surface area contributed by atoms with Crippen LogP contribution in [0, 0.1) is 3.57 Å². The number of hydrogen-bond acceptors (Lipinski definition) is 4. The molecule has 0 spiro atoms. The average molecular weight is 403 g/mol. The van der Waals surface area contributed by atoms with E-state index < -0.39 is 23.5 Å². The number of aromatic nitrogens is 1. The molecular weight excluding hydrogens is 389 g/mol. The second-order valence-corrected chi connectivity index (χ2v) is 5.98. The molecule has 7 heteroatoms. The molecule has 0 aliphatic rings. The number of carboxylic acids is 1. The third-order valence-electron chi connectivity index (χ3n) is 3.33. The van der Waals surface area contributed by atoms with Crippen molar-refractivity contribution in [2.24, 2.45) is 0 Å². The Morgan fingerprint density at radius 3 is 2.62 bits per heavy atom. The molecule has 21 heavy (non-hydrogen) atoms. The van der Waals surface area contributed by atoms with Gasteiger partial charge in [0, 0.05) is 15.2 Å². The Hall–Kier alpha value is -1.45. The van der Waals surface area contributed by atoms with Gasteiger partial charge < -0.3 is 19.9 Å². The third kappa shape index (κ3) is 2.94. The van der Waals surface area contributed by atoms with E-state index in [1.54, 1.807) is 18.2 Å². The fourth-order valence-corrected chi connectivity index (χ4v) is 2.72. The number of nitrogens with zero attached hydrogens (tertiary/aromatic N) is 1. The summed E-state index contributed by atoms with van der Waals surface area (Å²) in [7, 11) is 0. The Bertz CT molecular complexity index is 753. The van der Waals surface area contributed by atoms with Crippen molar-refractivity contribution in [1.82, 2.24) is 4.57 Å². The van der Waals surface area contributed by atoms with E-state index >= 15 is 0 Å². The number of carboxylic acid groups (broad SMARTS) is 1. The zero-order chi connectivity index (χ0) is 15.7. The number of aliphatic hydroxyl groups is 2. The number of aliphatic hydroxyl groups excluding tert-OH is 2. The van der Waals surface area contributed by atoms with E-state index in [1.165, 1.54) is 17.7 Å². The van der Waals surface area contributed by atoms with Crippen LogP contribution in [0.1, 0.15) is 23.3 Å². The monoisotopic (exact) mass is 403 g/mol. The van der Waals surface area contributed by atoms with E-state index in [0.717, 1.165) is 3.57 Å². The van der Waals surface area contributed by atoms with Crippen molar-refractivity contribution in [3.63, 3.8) is 0 Å². The fourth-order valence-electron chi connectivity index (χ4n) is 2.23. The minimum Gasteiger partial charge on any atom is -0.477 e. The summed E-state index contributed by atoms with van der Waals surface area (Å²) in [6.45, 7) is 1.12. The number of pyridine rings is 1. The number of fused-ring (bicyclic) bond motifs is 1. The first-order valence-corrected chi connectivity index (χ1v) is 7.31. The molecule has 0 bridgehead atoms. The van der Waals surface area contributed by atoms with E-state index in [4.69, 9.17) is 0 Å². The summed E-state index contributed by atoms with van der Waals surface area (Å²) < 4.78 is 2.24. The van der Waals surface area contributed by atoms with Crippen LogP contribution in [0.2, 0.25) is 0 Å². The largest absolute Gasteiger partial charge is 0.477 e. The van der Waals surface area contributed by atoms with Gasteiger partial charge in [-0.15, -0.1) is 0 Å². The van der Waals surface area contributed by atoms with Gasteiger partial charge in [0.2, 0.25) is 5.43 Å². The molecule has 112 valence electrons. The summed E-state index contributed by atoms with van der Waals surface area (Å²) in [4.78, 5) is 23.5. The van der Waals surface area contributed by atoms with Crippen molar-refractivity contribution in [1.29, 1.82) is 0 Å². The van der Waals surface area contributed by atoms with Gasteiger partial charge in [-0.2, -0.15) is 0 Å². The van der Waals surface area contributed by atoms with Crippen LogP contribution in [0.25, 0.3) is 10.9 Å². The van der Waals surface area contributed by atoms with Crippen LogP contribution in [-0.4, -0.2) is 38.6 Å². The number of carbonyl (C=O) groups is 1. The summed E-state index contributed by atoms with van der Waals surface area (Å²) >= 11 is 2.03. The predicted octanol–water partition coefficient (Wildman–Crippen LogP) is 1.22. The molecular formula is C14H14INO5. The third-order valence-corrected chi connectivity index (χ3v) is 4.00. The minimum absolute atomic E-state index is 0.251. The van der Waals surface area contributed by atoms with E-state index in [1.807, 2.05) is 22.6 Å². The maximum atomic E-state index is 12.2. The van der Waals surface area contributed by atoms with E-state index in [9.17, 15) is 24.9 Å². The first-order chi connectivity index (χ1) is 9.86. The van der Waals surface area contributed by atoms with Crippen molar-refractivity contribution in [2.45, 2.75) is 19.1 Å². The highest BCUT2D eigenvalue weighted by molar-refractivity contribution is 14.1. The van der Waals surface area contributed by atoms with Crippen molar-refractivity contribution < 1.29 is 20.1 Å². The first-order valence-electron chi connectivity index (χ1n) is 6.23. The average Bonchev–Trinajstić information content (AvgIpc) is 2.41. The summed E-state index contributed by atoms with van der Waals surface area (Å²) in [5.74, 6) is -1.34. The van der Waals surface area contributed by atoms with Crippen LogP contribution < -0.4 is 5.43 Å². The highest BCUT2D eigenvalue weighted by Gasteiger charge is 2.21. The quantitative estimate of drug-likeness (QED) is 0.667. The Morgan fingerprint density at radius 1 is 1.43 bits per heavy atom. The summed E-state index contributed by atoms with van der Waals surface area (Å²) in [5.41, 5.74) is -0.483. The molecule has 1 heterocycles. The Kier molecular flexibility index (Phi) is 4.64. The van der Waals surface area contributed by atoms with Crippen molar-refractivity contribution >= 4 is 39.5 Å². The highest BCUT2D eigenvalue weighted by atomic mass is 127. The van der Waals surface area contributed by atoms with E-state index in [2.05, 4.69) is 0 Å². The van der Waals surface area contributed by atoms with Gasteiger partial charge in [0.1, 0.15) is 5.56 Å². The standard InChI is InChI=1S/C14H14INO5/c1-7(18)12(6-17)16-5-10(14(20)21)13(19)9-4-8(15)2-3-11(9)16/h2-5,7,12,17-18H,6H2,1H3,(H,20,21). The lowest BCUT2D eigenvalue weighted by atomic mass is 10.1. The van der Waals surface area contributed by atoms with Crippen molar-refractivity contribution in [3.05, 3.63) is 43.8 Å². The molecule has 2 atom stereocenters. The van der Waals surface area contributed by atoms with Crippen LogP contribution >= 0.6 is 22.6 Å². The Balaban J connectivity index is 2.90. The maximum absolute atomic E-state index is 12.2. The van der Waals surface area contributed by atoms with Gasteiger partial charge in [0.15, 0.2) is 0 Å². The molecule has 1 aromatic heterocycles. The van der Waals surface area contributed by atoms with Gasteiger partial charge in [0.25, 0.3) is 0 Å². The van der Waals surface area contributed by atoms with Crippen LogP contribution in [0.4, 0.5) is 0 Å². The van der Waals surface area contributed by atoms with E-state index in [-0.39, 0.29) is 17.6 Å². The number of aromatic carboxylic acids is 1. The fraction of sp³-hybridized carbons (Fsp3) is 0.286. The molecule has 2 unspecified atom stereocenters. The SMILES string of the molecule is CC(O)C(CO)n1cc(C(=O)O)c(=O)c2cc(I)ccc21. The molecule has 2 aromatic rings. The van der Waals surface area contributed by atoms with Crippen molar-refractivity contribution in [2.75, 3.05) is 6.61 Å². The molecule has 0 saturated heterocycles. The summed E-state index contributed by atoms with van der Waals surface area (Å²) in [5, 5.41) is 28.6. The highest BCUT2D eigenvalue weighted by Crippen LogP contribution is 2.21. The molecule has 0 aliphatic carbocycles. The second kappa shape index (κ2) is 6.12. The second-order valence-electron chi connectivity index (χ2n) is 4.74. The van der Waals surface area contributed by atoms with Gasteiger partial charge in [-0.05, 0) is 47.7 Å². The molecule has 0 radical (unpaired) electrons. The van der Waals surface area contributed by atoms with Gasteiger partial charge in [-0.3, -0.25) is 4.79 Å². The first kappa shape index (κ1) is 15.9. The molecule has 0 amide bonds. The van der Waals surface area contributed by atoms with Gasteiger partial charge in [0.05, 0.1) is 24.3 Å². The molecule has 2 rings (SSSR count). The topological polar surface area (TPSA) is 99.8 Å². The summed E-state index contributed by atoms with van der Waals surface area (Å²) in [6, 6.07) is 4.31. The molecule has 0 aliphatic heterocycles. The predicted molar refractivity (Wildman–Crippen MR) is 85.7 cm³/mol. The lowest BCUT2D eigenvalue weighted by Crippen LogP contribution is -2.28. The van der Waals surface area contributed by atoms with Crippen LogP contribution in [0.5, 0.6) is 0 Å². The van der Waals surface area contributed by atoms with E-state index in [0.29, 0.717) is 5.52 Å². The lowest BCUT2D eigenvalue weighted by Gasteiger charge is -2.23. The van der Waals surface area contributed by atoms with Gasteiger partial charge in [-0.1, -0.05) is 0 Å². The number of rotatable bonds is 4. The van der Waals surface area contributed by atoms with Gasteiger partial charge in [-0.25, -0.2) is 4.79 Å². The molecule has 0 fully saturated rings. The van der Waals surface area contributed by atoms with Gasteiger partial charge >= 0.3 is 5.97 Å². The molecule has 0 saturated carbocycles. The Morgan fingerprint density at radius 2 is 2.10 bits per heavy atom. The Labute approximate surface area is 133 Å². The van der Waals surface area contributed by atoms with Crippen LogP contribution in [-0.2, 0) is 0 Å². The van der Waals surface area contributed by atoms with Crippen LogP contribution in [0.15, 0.2) is 29.2 Å². The summed E-state index contributed by atoms with van der Waals surface area (Å²) in [6.07, 6.45) is 0.273.